The van der Waals surface area contributed by atoms with Gasteiger partial charge in [-0.05, 0) is 55.1 Å². The van der Waals surface area contributed by atoms with Crippen molar-refractivity contribution in [2.45, 2.75) is 98.2 Å². The Hall–Kier alpha value is -0.820. The van der Waals surface area contributed by atoms with Crippen LogP contribution in [0.4, 0.5) is 0 Å². The van der Waals surface area contributed by atoms with E-state index in [1.807, 2.05) is 0 Å². The number of rotatable bonds is 5. The fourth-order valence-corrected chi connectivity index (χ4v) is 4.64. The maximum absolute atomic E-state index is 6.48. The predicted octanol–water partition coefficient (Wildman–Crippen LogP) is 7.06. The first-order valence-corrected chi connectivity index (χ1v) is 9.89. The lowest BCUT2D eigenvalue weighted by molar-refractivity contribution is -0.0889. The van der Waals surface area contributed by atoms with Gasteiger partial charge in [0.25, 0.3) is 0 Å². The molecule has 24 heavy (non-hydrogen) atoms. The number of ether oxygens (including phenoxy) is 1. The number of hydrogen-bond acceptors (Lipinski definition) is 1. The highest BCUT2D eigenvalue weighted by atomic mass is 16.5. The van der Waals surface area contributed by atoms with Crippen LogP contribution in [0.3, 0.4) is 0 Å². The van der Waals surface area contributed by atoms with E-state index in [9.17, 15) is 0 Å². The second kappa shape index (κ2) is 7.60. The van der Waals surface area contributed by atoms with Crippen LogP contribution >= 0.6 is 0 Å². The second-order valence-electron chi connectivity index (χ2n) is 9.60. The SMILES string of the molecule is CC(C)C(c1ccc(C(C)(C)OC2CCCCC2)cc1)C(C)(C)C. The zero-order valence-corrected chi connectivity index (χ0v) is 17.0. The summed E-state index contributed by atoms with van der Waals surface area (Å²) in [7, 11) is 0. The first-order chi connectivity index (χ1) is 11.1. The van der Waals surface area contributed by atoms with Crippen LogP contribution < -0.4 is 0 Å². The Morgan fingerprint density at radius 2 is 1.42 bits per heavy atom. The van der Waals surface area contributed by atoms with E-state index >= 15 is 0 Å². The third-order valence-electron chi connectivity index (χ3n) is 5.58. The molecule has 2 rings (SSSR count). The van der Waals surface area contributed by atoms with Crippen molar-refractivity contribution in [3.8, 4) is 0 Å². The smallest absolute Gasteiger partial charge is 0.0879 e. The van der Waals surface area contributed by atoms with Crippen molar-refractivity contribution in [1.29, 1.82) is 0 Å². The summed E-state index contributed by atoms with van der Waals surface area (Å²) in [4.78, 5) is 0. The van der Waals surface area contributed by atoms with Gasteiger partial charge in [0, 0.05) is 0 Å². The second-order valence-corrected chi connectivity index (χ2v) is 9.60. The maximum atomic E-state index is 6.48. The molecule has 136 valence electrons. The van der Waals surface area contributed by atoms with Crippen LogP contribution in [-0.2, 0) is 10.3 Å². The molecule has 1 aromatic carbocycles. The lowest BCUT2D eigenvalue weighted by atomic mass is 9.70. The van der Waals surface area contributed by atoms with Crippen LogP contribution in [0.1, 0.15) is 97.6 Å². The van der Waals surface area contributed by atoms with Gasteiger partial charge in [-0.2, -0.15) is 0 Å². The highest BCUT2D eigenvalue weighted by molar-refractivity contribution is 5.30. The van der Waals surface area contributed by atoms with E-state index in [0.717, 1.165) is 0 Å². The van der Waals surface area contributed by atoms with Crippen LogP contribution in [0.5, 0.6) is 0 Å². The minimum atomic E-state index is -0.199. The summed E-state index contributed by atoms with van der Waals surface area (Å²) in [6.45, 7) is 16.2. The van der Waals surface area contributed by atoms with Crippen molar-refractivity contribution in [1.82, 2.24) is 0 Å². The van der Waals surface area contributed by atoms with Gasteiger partial charge in [0.2, 0.25) is 0 Å². The Balaban J connectivity index is 2.15. The molecule has 0 amide bonds. The van der Waals surface area contributed by atoms with Gasteiger partial charge in [-0.25, -0.2) is 0 Å². The lowest BCUT2D eigenvalue weighted by Gasteiger charge is -2.36. The van der Waals surface area contributed by atoms with E-state index < -0.39 is 0 Å². The van der Waals surface area contributed by atoms with Crippen LogP contribution in [0.2, 0.25) is 0 Å². The molecule has 1 aliphatic rings. The van der Waals surface area contributed by atoms with E-state index in [4.69, 9.17) is 4.74 Å². The van der Waals surface area contributed by atoms with E-state index in [0.29, 0.717) is 17.9 Å². The average molecular weight is 331 g/mol. The fourth-order valence-electron chi connectivity index (χ4n) is 4.64. The van der Waals surface area contributed by atoms with Gasteiger partial charge >= 0.3 is 0 Å². The molecular weight excluding hydrogens is 292 g/mol. The Morgan fingerprint density at radius 1 is 0.875 bits per heavy atom. The Bertz CT molecular complexity index is 498. The minimum absolute atomic E-state index is 0.199. The molecule has 0 aliphatic heterocycles. The summed E-state index contributed by atoms with van der Waals surface area (Å²) < 4.78 is 6.48. The standard InChI is InChI=1S/C23H38O/c1-17(2)21(22(3,4)5)18-13-15-19(16-14-18)23(6,7)24-20-11-9-8-10-12-20/h13-17,20-21H,8-12H2,1-7H3. The molecule has 1 aromatic rings. The monoisotopic (exact) mass is 330 g/mol. The molecule has 1 atom stereocenters. The van der Waals surface area contributed by atoms with E-state index in [2.05, 4.69) is 72.7 Å². The van der Waals surface area contributed by atoms with E-state index in [-0.39, 0.29) is 11.0 Å². The summed E-state index contributed by atoms with van der Waals surface area (Å²) in [5, 5.41) is 0. The Morgan fingerprint density at radius 3 is 1.88 bits per heavy atom. The van der Waals surface area contributed by atoms with Crippen molar-refractivity contribution >= 4 is 0 Å². The predicted molar refractivity (Wildman–Crippen MR) is 104 cm³/mol. The highest BCUT2D eigenvalue weighted by Crippen LogP contribution is 2.41. The van der Waals surface area contributed by atoms with Crippen molar-refractivity contribution in [2.75, 3.05) is 0 Å². The first-order valence-electron chi connectivity index (χ1n) is 9.89. The normalized spacial score (nSPS) is 18.8. The molecule has 1 heteroatoms. The van der Waals surface area contributed by atoms with Gasteiger partial charge < -0.3 is 4.74 Å². The molecule has 1 nitrogen and oxygen atoms in total. The molecule has 1 aliphatic carbocycles. The summed E-state index contributed by atoms with van der Waals surface area (Å²) in [6.07, 6.45) is 6.90. The van der Waals surface area contributed by atoms with Gasteiger partial charge in [-0.15, -0.1) is 0 Å². The van der Waals surface area contributed by atoms with Crippen LogP contribution in [0, 0.1) is 11.3 Å². The molecule has 0 radical (unpaired) electrons. The molecule has 0 saturated heterocycles. The maximum Gasteiger partial charge on any atom is 0.0879 e. The van der Waals surface area contributed by atoms with Crippen molar-refractivity contribution in [2.24, 2.45) is 11.3 Å². The molecular formula is C23H38O. The van der Waals surface area contributed by atoms with Crippen molar-refractivity contribution in [3.63, 3.8) is 0 Å². The summed E-state index contributed by atoms with van der Waals surface area (Å²) in [5.74, 6) is 1.22. The van der Waals surface area contributed by atoms with Gasteiger partial charge in [-0.1, -0.05) is 78.1 Å². The molecule has 0 bridgehead atoms. The summed E-state index contributed by atoms with van der Waals surface area (Å²) in [6, 6.07) is 9.24. The summed E-state index contributed by atoms with van der Waals surface area (Å²) in [5.41, 5.74) is 2.84. The molecule has 1 saturated carbocycles. The topological polar surface area (TPSA) is 9.23 Å². The molecule has 0 heterocycles. The quantitative estimate of drug-likeness (QED) is 0.561. The van der Waals surface area contributed by atoms with Crippen molar-refractivity contribution in [3.05, 3.63) is 35.4 Å². The third-order valence-corrected chi connectivity index (χ3v) is 5.58. The Kier molecular flexibility index (Phi) is 6.18. The molecule has 0 N–H and O–H groups in total. The molecule has 1 fully saturated rings. The van der Waals surface area contributed by atoms with Crippen LogP contribution in [0.25, 0.3) is 0 Å². The molecule has 0 spiro atoms. The molecule has 0 aromatic heterocycles. The first kappa shape index (κ1) is 19.5. The zero-order chi connectivity index (χ0) is 18.0. The minimum Gasteiger partial charge on any atom is -0.368 e. The van der Waals surface area contributed by atoms with E-state index in [1.165, 1.54) is 43.2 Å². The van der Waals surface area contributed by atoms with Gasteiger partial charge in [0.15, 0.2) is 0 Å². The van der Waals surface area contributed by atoms with Gasteiger partial charge in [0.1, 0.15) is 0 Å². The summed E-state index contributed by atoms with van der Waals surface area (Å²) >= 11 is 0. The third kappa shape index (κ3) is 4.85. The van der Waals surface area contributed by atoms with Gasteiger partial charge in [-0.3, -0.25) is 0 Å². The Labute approximate surface area is 150 Å². The zero-order valence-electron chi connectivity index (χ0n) is 17.0. The average Bonchev–Trinajstić information content (AvgIpc) is 2.46. The highest BCUT2D eigenvalue weighted by Gasteiger charge is 2.30. The fraction of sp³-hybridized carbons (Fsp3) is 0.739. The van der Waals surface area contributed by atoms with E-state index in [1.54, 1.807) is 0 Å². The lowest BCUT2D eigenvalue weighted by Crippen LogP contribution is -2.30. The number of hydrogen-bond donors (Lipinski definition) is 0. The molecule has 1 unspecified atom stereocenters. The van der Waals surface area contributed by atoms with Gasteiger partial charge in [0.05, 0.1) is 11.7 Å². The largest absolute Gasteiger partial charge is 0.368 e. The van der Waals surface area contributed by atoms with Crippen LogP contribution in [0.15, 0.2) is 24.3 Å². The number of benzene rings is 1. The van der Waals surface area contributed by atoms with Crippen molar-refractivity contribution < 1.29 is 4.74 Å². The van der Waals surface area contributed by atoms with Crippen LogP contribution in [-0.4, -0.2) is 6.10 Å².